The standard InChI is InChI=1S/C27H26ClNO4/c1-17-9-7-13-20(25(17)28)21-15-16-22(27(31)33-3)29(21)26(30)24-19(12-8-14-23(24)32-2)18-10-5-4-6-11-18/h4-14,21-22H,15-16H2,1-3H3. The van der Waals surface area contributed by atoms with Crippen LogP contribution in [0.3, 0.4) is 0 Å². The molecular formula is C27H26ClNO4. The van der Waals surface area contributed by atoms with E-state index < -0.39 is 12.0 Å². The molecule has 1 fully saturated rings. The van der Waals surface area contributed by atoms with Crippen molar-refractivity contribution in [3.63, 3.8) is 0 Å². The van der Waals surface area contributed by atoms with Gasteiger partial charge in [-0.1, -0.05) is 72.3 Å². The largest absolute Gasteiger partial charge is 0.496 e. The molecule has 0 saturated carbocycles. The normalized spacial score (nSPS) is 17.6. The van der Waals surface area contributed by atoms with Gasteiger partial charge in [0.25, 0.3) is 5.91 Å². The number of hydrogen-bond acceptors (Lipinski definition) is 4. The molecule has 0 aromatic heterocycles. The van der Waals surface area contributed by atoms with Gasteiger partial charge in [-0.3, -0.25) is 4.79 Å². The van der Waals surface area contributed by atoms with Crippen LogP contribution >= 0.6 is 11.6 Å². The number of carbonyl (C=O) groups is 2. The van der Waals surface area contributed by atoms with Crippen molar-refractivity contribution in [1.82, 2.24) is 4.90 Å². The fraction of sp³-hybridized carbons (Fsp3) is 0.259. The highest BCUT2D eigenvalue weighted by molar-refractivity contribution is 6.32. The molecule has 0 radical (unpaired) electrons. The number of rotatable bonds is 5. The second-order valence-electron chi connectivity index (χ2n) is 8.07. The number of benzene rings is 3. The average molecular weight is 464 g/mol. The Hall–Kier alpha value is -3.31. The average Bonchev–Trinajstić information content (AvgIpc) is 3.29. The summed E-state index contributed by atoms with van der Waals surface area (Å²) in [6.45, 7) is 1.93. The van der Waals surface area contributed by atoms with E-state index in [0.717, 1.165) is 22.3 Å². The Morgan fingerprint density at radius 1 is 0.939 bits per heavy atom. The molecule has 4 rings (SSSR count). The van der Waals surface area contributed by atoms with Gasteiger partial charge in [-0.25, -0.2) is 4.79 Å². The summed E-state index contributed by atoms with van der Waals surface area (Å²) in [6.07, 6.45) is 1.09. The van der Waals surface area contributed by atoms with E-state index >= 15 is 0 Å². The second kappa shape index (κ2) is 9.67. The minimum absolute atomic E-state index is 0.290. The fourth-order valence-corrected chi connectivity index (χ4v) is 4.86. The van der Waals surface area contributed by atoms with Crippen molar-refractivity contribution < 1.29 is 19.1 Å². The molecule has 3 aromatic rings. The van der Waals surface area contributed by atoms with E-state index in [1.165, 1.54) is 14.2 Å². The number of amides is 1. The fourth-order valence-electron chi connectivity index (χ4n) is 4.60. The van der Waals surface area contributed by atoms with E-state index in [1.807, 2.05) is 67.6 Å². The van der Waals surface area contributed by atoms with Crippen molar-refractivity contribution >= 4 is 23.5 Å². The molecule has 1 heterocycles. The lowest BCUT2D eigenvalue weighted by Gasteiger charge is -2.31. The maximum absolute atomic E-state index is 14.2. The highest BCUT2D eigenvalue weighted by Crippen LogP contribution is 2.43. The van der Waals surface area contributed by atoms with Crippen LogP contribution in [0.2, 0.25) is 5.02 Å². The monoisotopic (exact) mass is 463 g/mol. The zero-order valence-corrected chi connectivity index (χ0v) is 19.6. The lowest BCUT2D eigenvalue weighted by Crippen LogP contribution is -2.42. The minimum atomic E-state index is -0.711. The highest BCUT2D eigenvalue weighted by Gasteiger charge is 2.44. The van der Waals surface area contributed by atoms with Gasteiger partial charge in [0.05, 0.1) is 25.8 Å². The Labute approximate surface area is 198 Å². The zero-order valence-electron chi connectivity index (χ0n) is 18.9. The highest BCUT2D eigenvalue weighted by atomic mass is 35.5. The maximum atomic E-state index is 14.2. The Balaban J connectivity index is 1.88. The molecule has 1 saturated heterocycles. The van der Waals surface area contributed by atoms with Crippen LogP contribution in [0, 0.1) is 6.92 Å². The molecule has 5 nitrogen and oxygen atoms in total. The first kappa shape index (κ1) is 22.9. The van der Waals surface area contributed by atoms with E-state index in [4.69, 9.17) is 21.1 Å². The van der Waals surface area contributed by atoms with Gasteiger partial charge in [0.2, 0.25) is 0 Å². The Bertz CT molecular complexity index is 1180. The van der Waals surface area contributed by atoms with Crippen LogP contribution in [0.1, 0.15) is 40.4 Å². The number of nitrogens with zero attached hydrogens (tertiary/aromatic N) is 1. The number of aryl methyl sites for hydroxylation is 1. The molecular weight excluding hydrogens is 438 g/mol. The summed E-state index contributed by atoms with van der Waals surface area (Å²) in [5.41, 5.74) is 3.79. The lowest BCUT2D eigenvalue weighted by atomic mass is 9.96. The lowest BCUT2D eigenvalue weighted by molar-refractivity contribution is -0.145. The van der Waals surface area contributed by atoms with Crippen LogP contribution in [0.15, 0.2) is 66.7 Å². The third-order valence-electron chi connectivity index (χ3n) is 6.22. The van der Waals surface area contributed by atoms with Crippen LogP contribution in [0.5, 0.6) is 5.75 Å². The molecule has 1 aliphatic rings. The van der Waals surface area contributed by atoms with Crippen molar-refractivity contribution in [2.45, 2.75) is 31.8 Å². The molecule has 1 amide bonds. The molecule has 6 heteroatoms. The summed E-state index contributed by atoms with van der Waals surface area (Å²) < 4.78 is 10.7. The van der Waals surface area contributed by atoms with Crippen LogP contribution in [0.25, 0.3) is 11.1 Å². The van der Waals surface area contributed by atoms with E-state index in [1.54, 1.807) is 11.0 Å². The third kappa shape index (κ3) is 4.21. The predicted molar refractivity (Wildman–Crippen MR) is 129 cm³/mol. The summed E-state index contributed by atoms with van der Waals surface area (Å²) in [5.74, 6) is -0.279. The van der Waals surface area contributed by atoms with Crippen molar-refractivity contribution in [2.24, 2.45) is 0 Å². The number of methoxy groups -OCH3 is 2. The molecule has 170 valence electrons. The Kier molecular flexibility index (Phi) is 6.70. The number of carbonyl (C=O) groups excluding carboxylic acids is 2. The zero-order chi connectivity index (χ0) is 23.5. The van der Waals surface area contributed by atoms with Gasteiger partial charge >= 0.3 is 5.97 Å². The molecule has 0 N–H and O–H groups in total. The van der Waals surface area contributed by atoms with Crippen LogP contribution in [0.4, 0.5) is 0 Å². The van der Waals surface area contributed by atoms with Crippen molar-refractivity contribution in [2.75, 3.05) is 14.2 Å². The van der Waals surface area contributed by atoms with Crippen molar-refractivity contribution in [3.05, 3.63) is 88.4 Å². The quantitative estimate of drug-likeness (QED) is 0.446. The van der Waals surface area contributed by atoms with E-state index in [-0.39, 0.29) is 11.9 Å². The van der Waals surface area contributed by atoms with Crippen LogP contribution in [-0.4, -0.2) is 37.0 Å². The first-order valence-corrected chi connectivity index (χ1v) is 11.2. The van der Waals surface area contributed by atoms with Gasteiger partial charge < -0.3 is 14.4 Å². The van der Waals surface area contributed by atoms with Crippen molar-refractivity contribution in [1.29, 1.82) is 0 Å². The van der Waals surface area contributed by atoms with Crippen molar-refractivity contribution in [3.8, 4) is 16.9 Å². The third-order valence-corrected chi connectivity index (χ3v) is 6.73. The summed E-state index contributed by atoms with van der Waals surface area (Å²) >= 11 is 6.66. The van der Waals surface area contributed by atoms with E-state index in [0.29, 0.717) is 29.2 Å². The van der Waals surface area contributed by atoms with E-state index in [2.05, 4.69) is 0 Å². The number of ether oxygens (including phenoxy) is 2. The number of esters is 1. The summed E-state index contributed by atoms with van der Waals surface area (Å²) in [6, 6.07) is 19.9. The van der Waals surface area contributed by atoms with E-state index in [9.17, 15) is 9.59 Å². The van der Waals surface area contributed by atoms with Gasteiger partial charge in [0.15, 0.2) is 0 Å². The SMILES string of the molecule is COC(=O)C1CCC(c2cccc(C)c2Cl)N1C(=O)c1c(OC)cccc1-c1ccccc1. The molecule has 1 aliphatic heterocycles. The van der Waals surface area contributed by atoms with Crippen LogP contribution < -0.4 is 4.74 Å². The summed E-state index contributed by atoms with van der Waals surface area (Å²) in [5, 5.41) is 0.606. The molecule has 0 bridgehead atoms. The smallest absolute Gasteiger partial charge is 0.328 e. The molecule has 2 unspecified atom stereocenters. The Morgan fingerprint density at radius 3 is 2.36 bits per heavy atom. The Morgan fingerprint density at radius 2 is 1.67 bits per heavy atom. The summed E-state index contributed by atoms with van der Waals surface area (Å²) in [7, 11) is 2.88. The van der Waals surface area contributed by atoms with Gasteiger partial charge in [0, 0.05) is 5.02 Å². The summed E-state index contributed by atoms with van der Waals surface area (Å²) in [4.78, 5) is 28.6. The maximum Gasteiger partial charge on any atom is 0.328 e. The first-order valence-electron chi connectivity index (χ1n) is 10.9. The first-order chi connectivity index (χ1) is 16.0. The minimum Gasteiger partial charge on any atom is -0.496 e. The second-order valence-corrected chi connectivity index (χ2v) is 8.45. The topological polar surface area (TPSA) is 55.8 Å². The van der Waals surface area contributed by atoms with Gasteiger partial charge in [-0.15, -0.1) is 0 Å². The molecule has 0 aliphatic carbocycles. The number of halogens is 1. The molecule has 0 spiro atoms. The molecule has 3 aromatic carbocycles. The number of hydrogen-bond donors (Lipinski definition) is 0. The van der Waals surface area contributed by atoms with Gasteiger partial charge in [-0.05, 0) is 48.1 Å². The predicted octanol–water partition coefficient (Wildman–Crippen LogP) is 5.84. The van der Waals surface area contributed by atoms with Gasteiger partial charge in [0.1, 0.15) is 11.8 Å². The number of likely N-dealkylation sites (tertiary alicyclic amines) is 1. The molecule has 33 heavy (non-hydrogen) atoms. The van der Waals surface area contributed by atoms with Gasteiger partial charge in [-0.2, -0.15) is 0 Å². The molecule has 2 atom stereocenters. The van der Waals surface area contributed by atoms with Crippen LogP contribution in [-0.2, 0) is 9.53 Å².